The molecular weight excluding hydrogens is 204 g/mol. The van der Waals surface area contributed by atoms with E-state index < -0.39 is 0 Å². The molecule has 0 amide bonds. The van der Waals surface area contributed by atoms with Crippen LogP contribution in [0.3, 0.4) is 0 Å². The SMILES string of the molecule is COC(=O)CN1CCc2ccc(N)cc2C1. The highest BCUT2D eigenvalue weighted by molar-refractivity contribution is 5.71. The van der Waals surface area contributed by atoms with Gasteiger partial charge in [0.05, 0.1) is 13.7 Å². The molecule has 0 bridgehead atoms. The molecule has 0 unspecified atom stereocenters. The topological polar surface area (TPSA) is 55.6 Å². The number of nitrogens with zero attached hydrogens (tertiary/aromatic N) is 1. The minimum Gasteiger partial charge on any atom is -0.468 e. The fourth-order valence-electron chi connectivity index (χ4n) is 2.02. The van der Waals surface area contributed by atoms with Crippen molar-refractivity contribution in [2.75, 3.05) is 25.9 Å². The lowest BCUT2D eigenvalue weighted by Gasteiger charge is -2.27. The van der Waals surface area contributed by atoms with Crippen LogP contribution in [0.2, 0.25) is 0 Å². The summed E-state index contributed by atoms with van der Waals surface area (Å²) in [5, 5.41) is 0. The predicted molar refractivity (Wildman–Crippen MR) is 61.9 cm³/mol. The minimum atomic E-state index is -0.188. The first-order chi connectivity index (χ1) is 7.69. The molecule has 1 aliphatic heterocycles. The normalized spacial score (nSPS) is 15.6. The van der Waals surface area contributed by atoms with Crippen LogP contribution in [-0.2, 0) is 22.5 Å². The van der Waals surface area contributed by atoms with Crippen LogP contribution in [0.15, 0.2) is 18.2 Å². The van der Waals surface area contributed by atoms with Crippen molar-refractivity contribution in [1.82, 2.24) is 4.90 Å². The Bertz CT molecular complexity index is 404. The molecule has 1 aliphatic rings. The Morgan fingerprint density at radius 3 is 3.06 bits per heavy atom. The van der Waals surface area contributed by atoms with Crippen LogP contribution in [0.25, 0.3) is 0 Å². The van der Waals surface area contributed by atoms with Gasteiger partial charge in [-0.15, -0.1) is 0 Å². The van der Waals surface area contributed by atoms with Gasteiger partial charge in [0.1, 0.15) is 0 Å². The van der Waals surface area contributed by atoms with Gasteiger partial charge in [0, 0.05) is 18.8 Å². The number of hydrogen-bond acceptors (Lipinski definition) is 4. The number of nitrogens with two attached hydrogens (primary N) is 1. The number of benzene rings is 1. The molecular formula is C12H16N2O2. The van der Waals surface area contributed by atoms with Gasteiger partial charge >= 0.3 is 5.97 Å². The lowest BCUT2D eigenvalue weighted by molar-refractivity contribution is -0.142. The summed E-state index contributed by atoms with van der Waals surface area (Å²) >= 11 is 0. The van der Waals surface area contributed by atoms with E-state index >= 15 is 0 Å². The summed E-state index contributed by atoms with van der Waals surface area (Å²) in [5.74, 6) is -0.188. The summed E-state index contributed by atoms with van der Waals surface area (Å²) in [6.45, 7) is 2.02. The highest BCUT2D eigenvalue weighted by Crippen LogP contribution is 2.21. The van der Waals surface area contributed by atoms with E-state index in [2.05, 4.69) is 15.7 Å². The van der Waals surface area contributed by atoms with Crippen LogP contribution in [0.4, 0.5) is 5.69 Å². The van der Waals surface area contributed by atoms with E-state index in [1.807, 2.05) is 12.1 Å². The second kappa shape index (κ2) is 4.53. The molecule has 1 aromatic carbocycles. The third-order valence-electron chi connectivity index (χ3n) is 2.90. The van der Waals surface area contributed by atoms with Gasteiger partial charge in [-0.3, -0.25) is 9.69 Å². The third kappa shape index (κ3) is 2.33. The van der Waals surface area contributed by atoms with Crippen molar-refractivity contribution in [3.05, 3.63) is 29.3 Å². The third-order valence-corrected chi connectivity index (χ3v) is 2.90. The molecule has 2 rings (SSSR count). The van der Waals surface area contributed by atoms with Crippen molar-refractivity contribution in [3.8, 4) is 0 Å². The number of rotatable bonds is 2. The van der Waals surface area contributed by atoms with Crippen LogP contribution >= 0.6 is 0 Å². The summed E-state index contributed by atoms with van der Waals surface area (Å²) < 4.78 is 4.66. The molecule has 16 heavy (non-hydrogen) atoms. The summed E-state index contributed by atoms with van der Waals surface area (Å²) in [6, 6.07) is 5.98. The number of esters is 1. The smallest absolute Gasteiger partial charge is 0.319 e. The Morgan fingerprint density at radius 2 is 2.31 bits per heavy atom. The van der Waals surface area contributed by atoms with Crippen LogP contribution in [0.1, 0.15) is 11.1 Å². The lowest BCUT2D eigenvalue weighted by atomic mass is 9.99. The van der Waals surface area contributed by atoms with Gasteiger partial charge in [-0.2, -0.15) is 0 Å². The fraction of sp³-hybridized carbons (Fsp3) is 0.417. The number of carbonyl (C=O) groups excluding carboxylic acids is 1. The zero-order chi connectivity index (χ0) is 11.5. The van der Waals surface area contributed by atoms with Gasteiger partial charge in [0.25, 0.3) is 0 Å². The molecule has 4 heteroatoms. The largest absolute Gasteiger partial charge is 0.468 e. The monoisotopic (exact) mass is 220 g/mol. The van der Waals surface area contributed by atoms with E-state index in [1.54, 1.807) is 0 Å². The number of anilines is 1. The molecule has 4 nitrogen and oxygen atoms in total. The maximum atomic E-state index is 11.2. The van der Waals surface area contributed by atoms with Crippen LogP contribution in [0.5, 0.6) is 0 Å². The van der Waals surface area contributed by atoms with Gasteiger partial charge in [0.2, 0.25) is 0 Å². The maximum Gasteiger partial charge on any atom is 0.319 e. The summed E-state index contributed by atoms with van der Waals surface area (Å²) in [7, 11) is 1.41. The quantitative estimate of drug-likeness (QED) is 0.591. The van der Waals surface area contributed by atoms with Gasteiger partial charge in [-0.05, 0) is 29.7 Å². The van der Waals surface area contributed by atoms with E-state index in [0.29, 0.717) is 6.54 Å². The first-order valence-electron chi connectivity index (χ1n) is 5.35. The van der Waals surface area contributed by atoms with Crippen molar-refractivity contribution in [2.45, 2.75) is 13.0 Å². The molecule has 0 radical (unpaired) electrons. The average Bonchev–Trinajstić information content (AvgIpc) is 2.28. The van der Waals surface area contributed by atoms with Crippen molar-refractivity contribution < 1.29 is 9.53 Å². The standard InChI is InChI=1S/C12H16N2O2/c1-16-12(15)8-14-5-4-9-2-3-11(13)6-10(9)7-14/h2-3,6H,4-5,7-8,13H2,1H3. The van der Waals surface area contributed by atoms with E-state index in [-0.39, 0.29) is 5.97 Å². The summed E-state index contributed by atoms with van der Waals surface area (Å²) in [5.41, 5.74) is 9.07. The first-order valence-corrected chi connectivity index (χ1v) is 5.35. The molecule has 1 heterocycles. The molecule has 0 atom stereocenters. The van der Waals surface area contributed by atoms with Crippen LogP contribution in [0, 0.1) is 0 Å². The number of nitrogen functional groups attached to an aromatic ring is 1. The minimum absolute atomic E-state index is 0.188. The van der Waals surface area contributed by atoms with Crippen molar-refractivity contribution in [3.63, 3.8) is 0 Å². The van der Waals surface area contributed by atoms with Crippen LogP contribution in [-0.4, -0.2) is 31.1 Å². The van der Waals surface area contributed by atoms with Crippen molar-refractivity contribution in [2.24, 2.45) is 0 Å². The molecule has 0 spiro atoms. The number of carbonyl (C=O) groups is 1. The Hall–Kier alpha value is -1.55. The van der Waals surface area contributed by atoms with Gasteiger partial charge in [0.15, 0.2) is 0 Å². The van der Waals surface area contributed by atoms with Crippen molar-refractivity contribution in [1.29, 1.82) is 0 Å². The summed E-state index contributed by atoms with van der Waals surface area (Å²) in [6.07, 6.45) is 0.965. The zero-order valence-corrected chi connectivity index (χ0v) is 9.40. The molecule has 0 saturated carbocycles. The van der Waals surface area contributed by atoms with Crippen molar-refractivity contribution >= 4 is 11.7 Å². The van der Waals surface area contributed by atoms with Gasteiger partial charge < -0.3 is 10.5 Å². The molecule has 86 valence electrons. The fourth-order valence-corrected chi connectivity index (χ4v) is 2.02. The second-order valence-electron chi connectivity index (χ2n) is 4.06. The Morgan fingerprint density at radius 1 is 1.50 bits per heavy atom. The Balaban J connectivity index is 2.08. The summed E-state index contributed by atoms with van der Waals surface area (Å²) in [4.78, 5) is 13.2. The highest BCUT2D eigenvalue weighted by atomic mass is 16.5. The molecule has 0 aliphatic carbocycles. The van der Waals surface area contributed by atoms with Gasteiger partial charge in [-0.25, -0.2) is 0 Å². The number of fused-ring (bicyclic) bond motifs is 1. The number of ether oxygens (including phenoxy) is 1. The first kappa shape index (κ1) is 11.0. The maximum absolute atomic E-state index is 11.2. The number of hydrogen-bond donors (Lipinski definition) is 1. The van der Waals surface area contributed by atoms with E-state index in [1.165, 1.54) is 18.2 Å². The predicted octanol–water partition coefficient (Wildman–Crippen LogP) is 0.800. The highest BCUT2D eigenvalue weighted by Gasteiger charge is 2.18. The van der Waals surface area contributed by atoms with E-state index in [0.717, 1.165) is 25.2 Å². The van der Waals surface area contributed by atoms with Gasteiger partial charge in [-0.1, -0.05) is 6.07 Å². The molecule has 2 N–H and O–H groups in total. The molecule has 0 aromatic heterocycles. The van der Waals surface area contributed by atoms with E-state index in [4.69, 9.17) is 5.73 Å². The zero-order valence-electron chi connectivity index (χ0n) is 9.40. The molecule has 0 saturated heterocycles. The van der Waals surface area contributed by atoms with E-state index in [9.17, 15) is 4.79 Å². The Kier molecular flexibility index (Phi) is 3.10. The lowest BCUT2D eigenvalue weighted by Crippen LogP contribution is -2.35. The molecule has 0 fully saturated rings. The second-order valence-corrected chi connectivity index (χ2v) is 4.06. The van der Waals surface area contributed by atoms with Crippen LogP contribution < -0.4 is 5.73 Å². The average molecular weight is 220 g/mol. The Labute approximate surface area is 95.0 Å². The molecule has 1 aromatic rings. The number of methoxy groups -OCH3 is 1.